The van der Waals surface area contributed by atoms with Crippen LogP contribution in [0.5, 0.6) is 0 Å². The van der Waals surface area contributed by atoms with Crippen molar-refractivity contribution in [3.05, 3.63) is 11.8 Å². The zero-order chi connectivity index (χ0) is 16.8. The van der Waals surface area contributed by atoms with Gasteiger partial charge in [0.2, 0.25) is 11.9 Å². The van der Waals surface area contributed by atoms with Gasteiger partial charge in [-0.05, 0) is 26.3 Å². The van der Waals surface area contributed by atoms with Crippen LogP contribution in [0.15, 0.2) is 6.07 Å². The van der Waals surface area contributed by atoms with Crippen molar-refractivity contribution in [1.29, 1.82) is 0 Å². The van der Waals surface area contributed by atoms with Crippen LogP contribution in [0.2, 0.25) is 0 Å². The van der Waals surface area contributed by atoms with Gasteiger partial charge in [-0.3, -0.25) is 4.79 Å². The lowest BCUT2D eigenvalue weighted by atomic mass is 9.98. The first-order valence-electron chi connectivity index (χ1n) is 8.29. The molecule has 0 aromatic carbocycles. The van der Waals surface area contributed by atoms with Crippen LogP contribution in [0.1, 0.15) is 25.5 Å². The number of nitrogens with zero attached hydrogens (tertiary/aromatic N) is 3. The van der Waals surface area contributed by atoms with Gasteiger partial charge in [0.1, 0.15) is 5.82 Å². The van der Waals surface area contributed by atoms with E-state index in [1.165, 1.54) is 0 Å². The molecule has 2 unspecified atom stereocenters. The number of anilines is 2. The average Bonchev–Trinajstić information content (AvgIpc) is 2.90. The summed E-state index contributed by atoms with van der Waals surface area (Å²) in [5.41, 5.74) is 0.939. The lowest BCUT2D eigenvalue weighted by molar-refractivity contribution is -0.121. The highest BCUT2D eigenvalue weighted by molar-refractivity contribution is 5.78. The minimum absolute atomic E-state index is 0.0431. The molecule has 2 rings (SSSR count). The first-order valence-corrected chi connectivity index (χ1v) is 8.29. The topological polar surface area (TPSA) is 82.2 Å². The third kappa shape index (κ3) is 4.54. The van der Waals surface area contributed by atoms with Crippen molar-refractivity contribution in [3.8, 4) is 0 Å². The van der Waals surface area contributed by atoms with E-state index in [-0.39, 0.29) is 11.9 Å². The maximum atomic E-state index is 11.9. The zero-order valence-corrected chi connectivity index (χ0v) is 14.5. The van der Waals surface area contributed by atoms with Gasteiger partial charge in [0.25, 0.3) is 0 Å². The summed E-state index contributed by atoms with van der Waals surface area (Å²) < 4.78 is 0. The van der Waals surface area contributed by atoms with Crippen LogP contribution in [-0.2, 0) is 4.79 Å². The van der Waals surface area contributed by atoms with E-state index < -0.39 is 0 Å². The van der Waals surface area contributed by atoms with Crippen LogP contribution in [0.25, 0.3) is 0 Å². The monoisotopic (exact) mass is 320 g/mol. The highest BCUT2D eigenvalue weighted by Crippen LogP contribution is 2.26. The molecule has 0 radical (unpaired) electrons. The van der Waals surface area contributed by atoms with Gasteiger partial charge < -0.3 is 20.9 Å². The van der Waals surface area contributed by atoms with Gasteiger partial charge in [-0.2, -0.15) is 4.98 Å². The summed E-state index contributed by atoms with van der Waals surface area (Å²) in [4.78, 5) is 23.2. The van der Waals surface area contributed by atoms with E-state index in [2.05, 4.69) is 37.7 Å². The summed E-state index contributed by atoms with van der Waals surface area (Å²) in [6.07, 6.45) is 2.19. The Morgan fingerprint density at radius 2 is 2.13 bits per heavy atom. The first kappa shape index (κ1) is 17.5. The minimum atomic E-state index is 0.0431. The number of aromatic nitrogens is 2. The molecule has 0 bridgehead atoms. The number of hydrogen-bond donors (Lipinski definition) is 3. The Balaban J connectivity index is 2.12. The molecule has 7 nitrogen and oxygen atoms in total. The molecule has 3 N–H and O–H groups in total. The molecular weight excluding hydrogens is 292 g/mol. The average molecular weight is 320 g/mol. The third-order valence-electron chi connectivity index (χ3n) is 4.17. The Morgan fingerprint density at radius 1 is 1.35 bits per heavy atom. The number of likely N-dealkylation sites (N-methyl/N-ethyl adjacent to an activating group) is 1. The molecule has 128 valence electrons. The molecule has 0 spiro atoms. The van der Waals surface area contributed by atoms with Crippen LogP contribution in [0, 0.1) is 12.8 Å². The van der Waals surface area contributed by atoms with Crippen molar-refractivity contribution in [2.75, 3.05) is 43.9 Å². The molecule has 1 fully saturated rings. The summed E-state index contributed by atoms with van der Waals surface area (Å²) in [6.45, 7) is 6.13. The van der Waals surface area contributed by atoms with Crippen molar-refractivity contribution < 1.29 is 4.79 Å². The summed E-state index contributed by atoms with van der Waals surface area (Å²) in [5.74, 6) is 2.03. The van der Waals surface area contributed by atoms with Crippen molar-refractivity contribution in [2.24, 2.45) is 5.92 Å². The fourth-order valence-electron chi connectivity index (χ4n) is 3.10. The number of amides is 1. The Hall–Kier alpha value is -1.89. The van der Waals surface area contributed by atoms with Crippen LogP contribution >= 0.6 is 0 Å². The summed E-state index contributed by atoms with van der Waals surface area (Å²) in [5, 5.41) is 9.11. The van der Waals surface area contributed by atoms with E-state index in [9.17, 15) is 4.79 Å². The number of carbonyl (C=O) groups is 1. The minimum Gasteiger partial charge on any atom is -0.373 e. The molecule has 2 atom stereocenters. The molecule has 1 aliphatic rings. The second-order valence-electron chi connectivity index (χ2n) is 6.10. The van der Waals surface area contributed by atoms with E-state index in [4.69, 9.17) is 0 Å². The van der Waals surface area contributed by atoms with Crippen molar-refractivity contribution in [3.63, 3.8) is 0 Å². The molecule has 1 saturated heterocycles. The Labute approximate surface area is 138 Å². The van der Waals surface area contributed by atoms with Gasteiger partial charge in [0.15, 0.2) is 0 Å². The predicted octanol–water partition coefficient (Wildman–Crippen LogP) is 0.767. The second-order valence-corrected chi connectivity index (χ2v) is 6.10. The largest absolute Gasteiger partial charge is 0.373 e. The van der Waals surface area contributed by atoms with Crippen molar-refractivity contribution in [1.82, 2.24) is 20.6 Å². The summed E-state index contributed by atoms with van der Waals surface area (Å²) in [6, 6.07) is 2.08. The SMILES string of the molecule is CCCC1CN(c2nc(C)cc(NC)n2)CC1NC(=O)CNC. The highest BCUT2D eigenvalue weighted by atomic mass is 16.2. The maximum absolute atomic E-state index is 11.9. The van der Waals surface area contributed by atoms with Crippen molar-refractivity contribution >= 4 is 17.7 Å². The molecule has 23 heavy (non-hydrogen) atoms. The number of hydrogen-bond acceptors (Lipinski definition) is 6. The quantitative estimate of drug-likeness (QED) is 0.688. The first-order chi connectivity index (χ1) is 11.1. The van der Waals surface area contributed by atoms with Gasteiger partial charge in [0.05, 0.1) is 12.6 Å². The molecule has 7 heteroatoms. The van der Waals surface area contributed by atoms with Gasteiger partial charge in [0, 0.05) is 31.9 Å². The number of nitrogens with one attached hydrogen (secondary N) is 3. The third-order valence-corrected chi connectivity index (χ3v) is 4.17. The molecular formula is C16H28N6O. The van der Waals surface area contributed by atoms with Crippen LogP contribution in [0.4, 0.5) is 11.8 Å². The van der Waals surface area contributed by atoms with Crippen LogP contribution < -0.4 is 20.9 Å². The number of rotatable bonds is 7. The Morgan fingerprint density at radius 3 is 2.78 bits per heavy atom. The normalized spacial score (nSPS) is 20.6. The summed E-state index contributed by atoms with van der Waals surface area (Å²) in [7, 11) is 3.64. The van der Waals surface area contributed by atoms with Gasteiger partial charge in [-0.25, -0.2) is 4.98 Å². The zero-order valence-electron chi connectivity index (χ0n) is 14.5. The molecule has 2 heterocycles. The molecule has 0 saturated carbocycles. The molecule has 1 aromatic heterocycles. The lowest BCUT2D eigenvalue weighted by Crippen LogP contribution is -2.44. The molecule has 0 aliphatic carbocycles. The summed E-state index contributed by atoms with van der Waals surface area (Å²) >= 11 is 0. The van der Waals surface area contributed by atoms with Gasteiger partial charge in [-0.15, -0.1) is 0 Å². The fraction of sp³-hybridized carbons (Fsp3) is 0.688. The fourth-order valence-corrected chi connectivity index (χ4v) is 3.10. The second kappa shape index (κ2) is 8.10. The van der Waals surface area contributed by atoms with Gasteiger partial charge in [-0.1, -0.05) is 13.3 Å². The maximum Gasteiger partial charge on any atom is 0.234 e. The van der Waals surface area contributed by atoms with E-state index in [1.807, 2.05) is 20.0 Å². The van der Waals surface area contributed by atoms with E-state index in [0.29, 0.717) is 12.5 Å². The molecule has 1 aromatic rings. The molecule has 1 aliphatic heterocycles. The van der Waals surface area contributed by atoms with E-state index in [0.717, 1.165) is 43.4 Å². The smallest absolute Gasteiger partial charge is 0.234 e. The van der Waals surface area contributed by atoms with Gasteiger partial charge >= 0.3 is 0 Å². The Kier molecular flexibility index (Phi) is 6.15. The number of aryl methyl sites for hydroxylation is 1. The Bertz CT molecular complexity index is 535. The van der Waals surface area contributed by atoms with E-state index >= 15 is 0 Å². The molecule has 1 amide bonds. The highest BCUT2D eigenvalue weighted by Gasteiger charge is 2.34. The van der Waals surface area contributed by atoms with E-state index in [1.54, 1.807) is 7.05 Å². The lowest BCUT2D eigenvalue weighted by Gasteiger charge is -2.19. The van der Waals surface area contributed by atoms with Crippen LogP contribution in [0.3, 0.4) is 0 Å². The van der Waals surface area contributed by atoms with Crippen LogP contribution in [-0.4, -0.2) is 55.6 Å². The predicted molar refractivity (Wildman–Crippen MR) is 92.8 cm³/mol. The van der Waals surface area contributed by atoms with Crippen molar-refractivity contribution in [2.45, 2.75) is 32.7 Å². The number of carbonyl (C=O) groups excluding carboxylic acids is 1. The standard InChI is InChI=1S/C16H28N6O/c1-5-6-12-9-22(10-13(12)20-15(23)8-17-3)16-19-11(2)7-14(18-4)21-16/h7,12-13,17H,5-6,8-10H2,1-4H3,(H,20,23)(H,18,19,21).